The number of alkyl halides is 5. The topological polar surface area (TPSA) is 34.1 Å². The second kappa shape index (κ2) is 4.99. The van der Waals surface area contributed by atoms with Crippen molar-refractivity contribution in [3.8, 4) is 0 Å². The molecule has 13 heavy (non-hydrogen) atoms. The Hall–Kier alpha value is -0.0500. The second-order valence-electron chi connectivity index (χ2n) is 1.92. The maximum absolute atomic E-state index is 11.5. The molecule has 2 atom stereocenters. The van der Waals surface area contributed by atoms with E-state index >= 15 is 0 Å². The van der Waals surface area contributed by atoms with E-state index in [0.717, 1.165) is 0 Å². The van der Waals surface area contributed by atoms with Crippen molar-refractivity contribution in [2.45, 2.75) is 12.6 Å². The highest BCUT2D eigenvalue weighted by atomic mass is 33.1. The van der Waals surface area contributed by atoms with E-state index in [1.165, 1.54) is 0 Å². The summed E-state index contributed by atoms with van der Waals surface area (Å²) in [4.78, 5) is 0. The van der Waals surface area contributed by atoms with Gasteiger partial charge in [-0.1, -0.05) is 0 Å². The van der Waals surface area contributed by atoms with E-state index in [2.05, 4.69) is 0 Å². The summed E-state index contributed by atoms with van der Waals surface area (Å²) in [6.45, 7) is 0. The fraction of sp³-hybridized carbons (Fsp3) is 1.00. The highest BCUT2D eigenvalue weighted by Crippen LogP contribution is 2.17. The fourth-order valence-corrected chi connectivity index (χ4v) is 2.69. The van der Waals surface area contributed by atoms with Crippen LogP contribution in [0.4, 0.5) is 22.0 Å². The first-order chi connectivity index (χ1) is 5.72. The second-order valence-corrected chi connectivity index (χ2v) is 5.99. The molecule has 0 rings (SSSR count). The predicted molar refractivity (Wildman–Crippen MR) is 38.1 cm³/mol. The molecule has 0 bridgehead atoms. The number of halogens is 5. The van der Waals surface area contributed by atoms with Crippen LogP contribution in [0.3, 0.4) is 0 Å². The number of hydrogen-bond donors (Lipinski definition) is 0. The van der Waals surface area contributed by atoms with Gasteiger partial charge < -0.3 is 0 Å². The van der Waals surface area contributed by atoms with E-state index in [4.69, 9.17) is 0 Å². The van der Waals surface area contributed by atoms with Crippen molar-refractivity contribution in [3.05, 3.63) is 0 Å². The van der Waals surface area contributed by atoms with Crippen LogP contribution >= 0.6 is 0 Å². The molecular weight excluding hydrogens is 239 g/mol. The largest absolute Gasteiger partial charge is 0.401 e. The zero-order valence-corrected chi connectivity index (χ0v) is 7.65. The van der Waals surface area contributed by atoms with Gasteiger partial charge in [0.25, 0.3) is 6.43 Å². The molecule has 0 aliphatic carbocycles. The van der Waals surface area contributed by atoms with Gasteiger partial charge in [0.1, 0.15) is 25.4 Å². The quantitative estimate of drug-likeness (QED) is 0.550. The van der Waals surface area contributed by atoms with E-state index in [9.17, 15) is 30.4 Å². The average Bonchev–Trinajstić information content (AvgIpc) is 1.81. The van der Waals surface area contributed by atoms with Gasteiger partial charge in [-0.15, -0.1) is 0 Å². The molecule has 0 aromatic rings. The molecule has 0 aromatic heterocycles. The van der Waals surface area contributed by atoms with E-state index < -0.39 is 43.8 Å². The van der Waals surface area contributed by atoms with E-state index in [-0.39, 0.29) is 0 Å². The molecule has 9 heteroatoms. The van der Waals surface area contributed by atoms with Crippen molar-refractivity contribution in [2.75, 3.05) is 11.5 Å². The first-order valence-corrected chi connectivity index (χ1v) is 6.00. The molecule has 0 N–H and O–H groups in total. The van der Waals surface area contributed by atoms with Gasteiger partial charge in [-0.05, 0) is 0 Å². The molecule has 0 saturated heterocycles. The Labute approximate surface area is 74.8 Å². The Morgan fingerprint density at radius 2 is 1.54 bits per heavy atom. The van der Waals surface area contributed by atoms with Gasteiger partial charge in [0.15, 0.2) is 0 Å². The molecule has 0 fully saturated rings. The van der Waals surface area contributed by atoms with Gasteiger partial charge in [-0.25, -0.2) is 17.2 Å². The van der Waals surface area contributed by atoms with Crippen LogP contribution in [0.25, 0.3) is 0 Å². The lowest BCUT2D eigenvalue weighted by Crippen LogP contribution is -2.23. The van der Waals surface area contributed by atoms with Crippen LogP contribution in [0.5, 0.6) is 0 Å². The Kier molecular flexibility index (Phi) is 4.97. The predicted octanol–water partition coefficient (Wildman–Crippen LogP) is 1.23. The summed E-state index contributed by atoms with van der Waals surface area (Å²) in [5, 5.41) is 0. The molecule has 0 saturated carbocycles. The van der Waals surface area contributed by atoms with Gasteiger partial charge in [-0.3, -0.25) is 0 Å². The van der Waals surface area contributed by atoms with Gasteiger partial charge in [0, 0.05) is 0 Å². The third-order valence-electron chi connectivity index (χ3n) is 0.751. The van der Waals surface area contributed by atoms with Crippen LogP contribution in [0.15, 0.2) is 0 Å². The minimum Gasteiger partial charge on any atom is -0.245 e. The summed E-state index contributed by atoms with van der Waals surface area (Å²) in [5.41, 5.74) is 0. The molecule has 0 aliphatic rings. The third-order valence-corrected chi connectivity index (χ3v) is 4.26. The van der Waals surface area contributed by atoms with Crippen molar-refractivity contribution in [1.29, 1.82) is 0 Å². The van der Waals surface area contributed by atoms with Crippen molar-refractivity contribution in [2.24, 2.45) is 0 Å². The highest BCUT2D eigenvalue weighted by molar-refractivity contribution is 8.61. The summed E-state index contributed by atoms with van der Waals surface area (Å²) >= 11 is 0. The smallest absolute Gasteiger partial charge is 0.245 e. The van der Waals surface area contributed by atoms with Crippen molar-refractivity contribution in [1.82, 2.24) is 0 Å². The monoisotopic (exact) mass is 244 g/mol. The number of rotatable bonds is 4. The van der Waals surface area contributed by atoms with Crippen molar-refractivity contribution in [3.63, 3.8) is 0 Å². The molecule has 80 valence electrons. The first-order valence-electron chi connectivity index (χ1n) is 2.84. The molecule has 0 radical (unpaired) electrons. The summed E-state index contributed by atoms with van der Waals surface area (Å²) in [6.07, 6.45) is -7.76. The SMILES string of the molecule is O=S(CC(F)F)S(=O)CC(F)(F)F. The maximum Gasteiger partial charge on any atom is 0.401 e. The van der Waals surface area contributed by atoms with Gasteiger partial charge in [-0.2, -0.15) is 13.2 Å². The van der Waals surface area contributed by atoms with Crippen LogP contribution < -0.4 is 0 Å². The van der Waals surface area contributed by atoms with Gasteiger partial charge >= 0.3 is 6.18 Å². The van der Waals surface area contributed by atoms with E-state index in [1.807, 2.05) is 0 Å². The van der Waals surface area contributed by atoms with Crippen molar-refractivity contribution >= 4 is 19.7 Å². The molecule has 0 spiro atoms. The Morgan fingerprint density at radius 1 is 1.08 bits per heavy atom. The summed E-state index contributed by atoms with van der Waals surface area (Å²) in [5.74, 6) is -3.10. The lowest BCUT2D eigenvalue weighted by Gasteiger charge is -2.05. The van der Waals surface area contributed by atoms with Crippen LogP contribution in [-0.2, 0) is 19.7 Å². The fourth-order valence-electron chi connectivity index (χ4n) is 0.378. The van der Waals surface area contributed by atoms with Crippen molar-refractivity contribution < 1.29 is 30.4 Å². The maximum atomic E-state index is 11.5. The average molecular weight is 244 g/mol. The van der Waals surface area contributed by atoms with Crippen LogP contribution in [-0.4, -0.2) is 32.5 Å². The minimum atomic E-state index is -4.75. The molecular formula is C4H5F5O2S2. The standard InChI is InChI=1S/C4H5F5O2S2/c5-3(6)1-12(10)13(11)2-4(7,8)9/h3H,1-2H2. The highest BCUT2D eigenvalue weighted by Gasteiger charge is 2.33. The third kappa shape index (κ3) is 7.05. The number of hydrogen-bond acceptors (Lipinski definition) is 2. The summed E-state index contributed by atoms with van der Waals surface area (Å²) in [7, 11) is -5.43. The minimum absolute atomic E-state index is 1.29. The molecule has 0 aromatic carbocycles. The Morgan fingerprint density at radius 3 is 1.85 bits per heavy atom. The van der Waals surface area contributed by atoms with E-state index in [1.54, 1.807) is 0 Å². The normalized spacial score (nSPS) is 17.4. The Balaban J connectivity index is 4.06. The molecule has 2 unspecified atom stereocenters. The molecule has 0 aliphatic heterocycles. The Bertz CT molecular complexity index is 213. The van der Waals surface area contributed by atoms with E-state index in [0.29, 0.717) is 0 Å². The first kappa shape index (κ1) is 12.9. The zero-order chi connectivity index (χ0) is 10.6. The molecule has 2 nitrogen and oxygen atoms in total. The summed E-state index contributed by atoms with van der Waals surface area (Å²) in [6, 6.07) is 0. The summed E-state index contributed by atoms with van der Waals surface area (Å²) < 4.78 is 78.3. The van der Waals surface area contributed by atoms with Crippen LogP contribution in [0.1, 0.15) is 0 Å². The van der Waals surface area contributed by atoms with Gasteiger partial charge in [0.05, 0.1) is 5.75 Å². The zero-order valence-electron chi connectivity index (χ0n) is 6.01. The molecule has 0 amide bonds. The van der Waals surface area contributed by atoms with Crippen LogP contribution in [0.2, 0.25) is 0 Å². The van der Waals surface area contributed by atoms with Gasteiger partial charge in [0.2, 0.25) is 0 Å². The van der Waals surface area contributed by atoms with Crippen LogP contribution in [0, 0.1) is 0 Å². The lowest BCUT2D eigenvalue weighted by atomic mass is 10.8. The lowest BCUT2D eigenvalue weighted by molar-refractivity contribution is -0.105. The molecule has 0 heterocycles.